The molecule has 1 fully saturated rings. The first-order valence-electron chi connectivity index (χ1n) is 6.64. The van der Waals surface area contributed by atoms with Crippen LogP contribution in [0.1, 0.15) is 45.1 Å². The Hall–Kier alpha value is -0.0500. The molecule has 18 heavy (non-hydrogen) atoms. The van der Waals surface area contributed by atoms with Gasteiger partial charge >= 0.3 is 0 Å². The molecule has 1 N–H and O–H groups in total. The number of hydrogen-bond acceptors (Lipinski definition) is 1. The van der Waals surface area contributed by atoms with Crippen LogP contribution in [-0.4, -0.2) is 6.04 Å². The molecule has 1 aliphatic rings. The minimum absolute atomic E-state index is 0.497. The summed E-state index contributed by atoms with van der Waals surface area (Å²) in [5, 5.41) is 4.45. The molecule has 1 aromatic rings. The molecule has 1 atom stereocenters. The molecular formula is C15H21BrClN. The van der Waals surface area contributed by atoms with E-state index < -0.39 is 0 Å². The van der Waals surface area contributed by atoms with E-state index in [2.05, 4.69) is 47.2 Å². The van der Waals surface area contributed by atoms with Crippen molar-refractivity contribution < 1.29 is 0 Å². The zero-order valence-corrected chi connectivity index (χ0v) is 13.4. The summed E-state index contributed by atoms with van der Waals surface area (Å²) in [5.74, 6) is 0. The maximum Gasteiger partial charge on any atom is 0.0548 e. The summed E-state index contributed by atoms with van der Waals surface area (Å²) in [6.07, 6.45) is 5.28. The maximum atomic E-state index is 6.00. The molecule has 1 nitrogen and oxygen atoms in total. The minimum Gasteiger partial charge on any atom is -0.310 e. The minimum atomic E-state index is 0.497. The summed E-state index contributed by atoms with van der Waals surface area (Å²) in [5.41, 5.74) is 1.78. The molecule has 1 aromatic carbocycles. The highest BCUT2D eigenvalue weighted by Crippen LogP contribution is 2.35. The fourth-order valence-electron chi connectivity index (χ4n) is 2.78. The summed E-state index contributed by atoms with van der Waals surface area (Å²) in [6, 6.07) is 6.80. The molecule has 1 unspecified atom stereocenters. The lowest BCUT2D eigenvalue weighted by atomic mass is 9.75. The highest BCUT2D eigenvalue weighted by molar-refractivity contribution is 9.10. The second-order valence-corrected chi connectivity index (χ2v) is 7.35. The maximum absolute atomic E-state index is 6.00. The fourth-order valence-corrected chi connectivity index (χ4v) is 3.33. The third kappa shape index (κ3) is 3.97. The summed E-state index contributed by atoms with van der Waals surface area (Å²) < 4.78 is 0.979. The van der Waals surface area contributed by atoms with Gasteiger partial charge in [0, 0.05) is 17.1 Å². The molecule has 0 aliphatic heterocycles. The molecule has 3 heteroatoms. The van der Waals surface area contributed by atoms with Gasteiger partial charge in [-0.25, -0.2) is 0 Å². The number of halogens is 2. The molecule has 100 valence electrons. The second kappa shape index (κ2) is 5.94. The Labute approximate surface area is 123 Å². The van der Waals surface area contributed by atoms with Crippen LogP contribution in [0.4, 0.5) is 0 Å². The highest BCUT2D eigenvalue weighted by atomic mass is 79.9. The van der Waals surface area contributed by atoms with Crippen molar-refractivity contribution in [3.63, 3.8) is 0 Å². The van der Waals surface area contributed by atoms with Gasteiger partial charge in [0.15, 0.2) is 0 Å². The zero-order valence-electron chi connectivity index (χ0n) is 11.1. The SMILES string of the molecule is CC1(C)CCCC(NCc2ccc(Cl)c(Br)c2)C1. The molecular weight excluding hydrogens is 310 g/mol. The monoisotopic (exact) mass is 329 g/mol. The van der Waals surface area contributed by atoms with Crippen molar-refractivity contribution in [1.29, 1.82) is 0 Å². The zero-order chi connectivity index (χ0) is 13.2. The van der Waals surface area contributed by atoms with Crippen LogP contribution in [0.25, 0.3) is 0 Å². The topological polar surface area (TPSA) is 12.0 Å². The first-order chi connectivity index (χ1) is 8.46. The smallest absolute Gasteiger partial charge is 0.0548 e. The van der Waals surface area contributed by atoms with E-state index >= 15 is 0 Å². The van der Waals surface area contributed by atoms with Gasteiger partial charge in [0.1, 0.15) is 0 Å². The van der Waals surface area contributed by atoms with Crippen molar-refractivity contribution in [2.24, 2.45) is 5.41 Å². The molecule has 0 spiro atoms. The van der Waals surface area contributed by atoms with Gasteiger partial charge in [0.2, 0.25) is 0 Å². The van der Waals surface area contributed by atoms with Crippen LogP contribution in [-0.2, 0) is 6.54 Å². The summed E-state index contributed by atoms with van der Waals surface area (Å²) in [6.45, 7) is 5.68. The average molecular weight is 331 g/mol. The van der Waals surface area contributed by atoms with Gasteiger partial charge in [-0.2, -0.15) is 0 Å². The van der Waals surface area contributed by atoms with Crippen molar-refractivity contribution in [2.45, 2.75) is 52.1 Å². The second-order valence-electron chi connectivity index (χ2n) is 6.09. The first-order valence-corrected chi connectivity index (χ1v) is 7.81. The van der Waals surface area contributed by atoms with Gasteiger partial charge in [-0.3, -0.25) is 0 Å². The molecule has 2 rings (SSSR count). The van der Waals surface area contributed by atoms with Gasteiger partial charge in [-0.1, -0.05) is 37.9 Å². The predicted molar refractivity (Wildman–Crippen MR) is 82.0 cm³/mol. The molecule has 0 saturated heterocycles. The third-order valence-electron chi connectivity index (χ3n) is 3.78. The van der Waals surface area contributed by atoms with Gasteiger partial charge in [-0.15, -0.1) is 0 Å². The number of hydrogen-bond donors (Lipinski definition) is 1. The predicted octanol–water partition coefficient (Wildman–Crippen LogP) is 5.16. The van der Waals surface area contributed by atoms with Gasteiger partial charge < -0.3 is 5.32 Å². The van der Waals surface area contributed by atoms with E-state index in [4.69, 9.17) is 11.6 Å². The Morgan fingerprint density at radius 2 is 2.22 bits per heavy atom. The Balaban J connectivity index is 1.89. The fraction of sp³-hybridized carbons (Fsp3) is 0.600. The summed E-state index contributed by atoms with van der Waals surface area (Å²) >= 11 is 9.47. The van der Waals surface area contributed by atoms with E-state index in [-0.39, 0.29) is 0 Å². The molecule has 0 bridgehead atoms. The highest BCUT2D eigenvalue weighted by Gasteiger charge is 2.27. The van der Waals surface area contributed by atoms with E-state index in [1.807, 2.05) is 6.07 Å². The van der Waals surface area contributed by atoms with E-state index in [9.17, 15) is 0 Å². The normalized spacial score (nSPS) is 23.0. The van der Waals surface area contributed by atoms with Crippen LogP contribution in [0.5, 0.6) is 0 Å². The van der Waals surface area contributed by atoms with Gasteiger partial charge in [0.05, 0.1) is 5.02 Å². The molecule has 0 amide bonds. The van der Waals surface area contributed by atoms with E-state index in [1.165, 1.54) is 31.2 Å². The van der Waals surface area contributed by atoms with Crippen LogP contribution in [0.2, 0.25) is 5.02 Å². The van der Waals surface area contributed by atoms with Crippen molar-refractivity contribution in [3.8, 4) is 0 Å². The van der Waals surface area contributed by atoms with Crippen molar-refractivity contribution in [1.82, 2.24) is 5.32 Å². The van der Waals surface area contributed by atoms with Crippen molar-refractivity contribution >= 4 is 27.5 Å². The molecule has 0 heterocycles. The van der Waals surface area contributed by atoms with Crippen molar-refractivity contribution in [2.75, 3.05) is 0 Å². The third-order valence-corrected chi connectivity index (χ3v) is 5.00. The lowest BCUT2D eigenvalue weighted by Gasteiger charge is -2.35. The van der Waals surface area contributed by atoms with Crippen LogP contribution in [0, 0.1) is 5.41 Å². The van der Waals surface area contributed by atoms with Crippen LogP contribution >= 0.6 is 27.5 Å². The van der Waals surface area contributed by atoms with E-state index in [1.54, 1.807) is 0 Å². The Morgan fingerprint density at radius 3 is 2.89 bits per heavy atom. The van der Waals surface area contributed by atoms with E-state index in [0.29, 0.717) is 11.5 Å². The average Bonchev–Trinajstić information content (AvgIpc) is 2.29. The summed E-state index contributed by atoms with van der Waals surface area (Å²) in [4.78, 5) is 0. The van der Waals surface area contributed by atoms with E-state index in [0.717, 1.165) is 16.0 Å². The molecule has 0 aromatic heterocycles. The Bertz CT molecular complexity index is 417. The largest absolute Gasteiger partial charge is 0.310 e. The van der Waals surface area contributed by atoms with Crippen molar-refractivity contribution in [3.05, 3.63) is 33.3 Å². The Kier molecular flexibility index (Phi) is 4.74. The van der Waals surface area contributed by atoms with Crippen LogP contribution in [0.3, 0.4) is 0 Å². The number of nitrogens with one attached hydrogen (secondary N) is 1. The number of rotatable bonds is 3. The lowest BCUT2D eigenvalue weighted by Crippen LogP contribution is -2.36. The molecule has 1 aliphatic carbocycles. The number of benzene rings is 1. The van der Waals surface area contributed by atoms with Gasteiger partial charge in [0.25, 0.3) is 0 Å². The summed E-state index contributed by atoms with van der Waals surface area (Å²) in [7, 11) is 0. The molecule has 1 saturated carbocycles. The molecule has 0 radical (unpaired) electrons. The lowest BCUT2D eigenvalue weighted by molar-refractivity contribution is 0.198. The van der Waals surface area contributed by atoms with Crippen LogP contribution in [0.15, 0.2) is 22.7 Å². The quantitative estimate of drug-likeness (QED) is 0.807. The van der Waals surface area contributed by atoms with Gasteiger partial charge in [-0.05, 0) is 58.3 Å². The first kappa shape index (κ1) is 14.4. The Morgan fingerprint density at radius 1 is 1.44 bits per heavy atom. The van der Waals surface area contributed by atoms with Crippen LogP contribution < -0.4 is 5.32 Å². The standard InChI is InChI=1S/C15H21BrClN/c1-15(2)7-3-4-12(9-15)18-10-11-5-6-14(17)13(16)8-11/h5-6,8,12,18H,3-4,7,9-10H2,1-2H3.